The molecular weight excluding hydrogens is 412 g/mol. The first-order chi connectivity index (χ1) is 14.8. The molecule has 2 rings (SSSR count). The summed E-state index contributed by atoms with van der Waals surface area (Å²) in [4.78, 5) is 37.7. The maximum absolute atomic E-state index is 13.0. The fourth-order valence-corrected chi connectivity index (χ4v) is 3.19. The lowest BCUT2D eigenvalue weighted by molar-refractivity contribution is -0.149. The third-order valence-electron chi connectivity index (χ3n) is 4.93. The van der Waals surface area contributed by atoms with Crippen LogP contribution in [0.15, 0.2) is 48.6 Å². The number of ether oxygens (including phenoxy) is 2. The number of hydrogen-bond acceptors (Lipinski definition) is 6. The van der Waals surface area contributed by atoms with Gasteiger partial charge in [-0.2, -0.15) is 0 Å². The van der Waals surface area contributed by atoms with Crippen LogP contribution in [-0.4, -0.2) is 53.0 Å². The van der Waals surface area contributed by atoms with Crippen LogP contribution in [0, 0.1) is 0 Å². The van der Waals surface area contributed by atoms with Crippen LogP contribution in [0.5, 0.6) is 0 Å². The number of hydrogen-bond donors (Lipinski definition) is 3. The van der Waals surface area contributed by atoms with Gasteiger partial charge in [-0.25, -0.2) is 9.59 Å². The highest BCUT2D eigenvalue weighted by molar-refractivity contribution is 5.94. The van der Waals surface area contributed by atoms with Crippen molar-refractivity contribution in [3.8, 4) is 0 Å². The Bertz CT molecular complexity index is 914. The highest BCUT2D eigenvalue weighted by Crippen LogP contribution is 2.27. The summed E-state index contributed by atoms with van der Waals surface area (Å²) < 4.78 is 10.1. The molecule has 2 unspecified atom stereocenters. The van der Waals surface area contributed by atoms with Crippen molar-refractivity contribution in [3.63, 3.8) is 0 Å². The number of nitrogens with one attached hydrogen (secondary N) is 2. The zero-order valence-corrected chi connectivity index (χ0v) is 19.4. The lowest BCUT2D eigenvalue weighted by Gasteiger charge is -2.36. The molecule has 0 spiro atoms. The average molecular weight is 445 g/mol. The molecule has 1 aliphatic carbocycles. The maximum Gasteiger partial charge on any atom is 0.408 e. The zero-order valence-electron chi connectivity index (χ0n) is 19.4. The lowest BCUT2D eigenvalue weighted by atomic mass is 9.87. The van der Waals surface area contributed by atoms with Gasteiger partial charge in [0.15, 0.2) is 5.60 Å². The van der Waals surface area contributed by atoms with Gasteiger partial charge in [-0.15, -0.1) is 0 Å². The summed E-state index contributed by atoms with van der Waals surface area (Å²) in [5.74, 6) is -1.56. The fraction of sp³-hybridized carbons (Fsp3) is 0.458. The predicted octanol–water partition coefficient (Wildman–Crippen LogP) is 2.72. The molecular formula is C24H32N2O6. The molecule has 0 bridgehead atoms. The molecule has 1 aromatic rings. The van der Waals surface area contributed by atoms with Crippen LogP contribution >= 0.6 is 0 Å². The van der Waals surface area contributed by atoms with Crippen molar-refractivity contribution in [1.82, 2.24) is 10.6 Å². The minimum absolute atomic E-state index is 0.0212. The Morgan fingerprint density at radius 1 is 1.09 bits per heavy atom. The van der Waals surface area contributed by atoms with Crippen molar-refractivity contribution in [2.24, 2.45) is 0 Å². The summed E-state index contributed by atoms with van der Waals surface area (Å²) in [6.45, 7) is 8.23. The van der Waals surface area contributed by atoms with Gasteiger partial charge >= 0.3 is 12.1 Å². The van der Waals surface area contributed by atoms with Crippen LogP contribution in [0.2, 0.25) is 0 Å². The van der Waals surface area contributed by atoms with E-state index in [1.807, 2.05) is 30.3 Å². The number of methoxy groups -OCH3 is 1. The Hall–Kier alpha value is -3.13. The molecule has 174 valence electrons. The van der Waals surface area contributed by atoms with E-state index in [-0.39, 0.29) is 6.42 Å². The first kappa shape index (κ1) is 25.1. The number of benzene rings is 1. The predicted molar refractivity (Wildman–Crippen MR) is 121 cm³/mol. The topological polar surface area (TPSA) is 114 Å². The molecule has 1 aliphatic rings. The summed E-state index contributed by atoms with van der Waals surface area (Å²) in [6, 6.07) is 8.29. The molecule has 2 atom stereocenters. The van der Waals surface area contributed by atoms with Crippen molar-refractivity contribution in [1.29, 1.82) is 0 Å². The van der Waals surface area contributed by atoms with E-state index in [9.17, 15) is 19.5 Å². The van der Waals surface area contributed by atoms with E-state index in [4.69, 9.17) is 9.47 Å². The lowest BCUT2D eigenvalue weighted by Crippen LogP contribution is -2.65. The summed E-state index contributed by atoms with van der Waals surface area (Å²) in [5, 5.41) is 16.0. The van der Waals surface area contributed by atoms with Crippen molar-refractivity contribution in [2.45, 2.75) is 63.8 Å². The van der Waals surface area contributed by atoms with Crippen LogP contribution in [-0.2, 0) is 19.1 Å². The molecule has 2 amide bonds. The van der Waals surface area contributed by atoms with Gasteiger partial charge in [-0.05, 0) is 51.8 Å². The number of carbonyl (C=O) groups is 3. The smallest absolute Gasteiger partial charge is 0.408 e. The summed E-state index contributed by atoms with van der Waals surface area (Å²) in [7, 11) is 1.18. The van der Waals surface area contributed by atoms with Crippen LogP contribution in [0.4, 0.5) is 4.79 Å². The van der Waals surface area contributed by atoms with Crippen LogP contribution in [0.25, 0.3) is 5.57 Å². The second-order valence-corrected chi connectivity index (χ2v) is 9.27. The number of alkyl carbamates (subject to hydrolysis) is 1. The number of carbonyl (C=O) groups excluding carboxylic acids is 3. The molecule has 3 N–H and O–H groups in total. The molecule has 8 nitrogen and oxygen atoms in total. The first-order valence-electron chi connectivity index (χ1n) is 10.3. The molecule has 32 heavy (non-hydrogen) atoms. The van der Waals surface area contributed by atoms with Crippen LogP contribution in [0.1, 0.15) is 46.6 Å². The molecule has 0 saturated carbocycles. The van der Waals surface area contributed by atoms with Crippen LogP contribution < -0.4 is 10.6 Å². The monoisotopic (exact) mass is 444 g/mol. The molecule has 0 radical (unpaired) electrons. The zero-order chi connectivity index (χ0) is 24.2. The fourth-order valence-electron chi connectivity index (χ4n) is 3.19. The SMILES string of the molecule is COC(=O)C(NC(=O)C1(O)C=CC(c2ccccc2)=CC1)C(C)(C)NC(=O)OC(C)(C)C. The van der Waals surface area contributed by atoms with E-state index in [2.05, 4.69) is 10.6 Å². The number of aliphatic hydroxyl groups is 1. The second-order valence-electron chi connectivity index (χ2n) is 9.27. The number of esters is 1. The van der Waals surface area contributed by atoms with Gasteiger partial charge in [0.05, 0.1) is 12.6 Å². The van der Waals surface area contributed by atoms with E-state index in [0.717, 1.165) is 11.1 Å². The van der Waals surface area contributed by atoms with Gasteiger partial charge in [0.25, 0.3) is 5.91 Å². The van der Waals surface area contributed by atoms with E-state index < -0.39 is 40.8 Å². The normalized spacial score (nSPS) is 19.4. The van der Waals surface area contributed by atoms with E-state index >= 15 is 0 Å². The highest BCUT2D eigenvalue weighted by Gasteiger charge is 2.43. The van der Waals surface area contributed by atoms with Gasteiger partial charge in [0.1, 0.15) is 11.6 Å². The molecule has 0 saturated heterocycles. The van der Waals surface area contributed by atoms with Crippen LogP contribution in [0.3, 0.4) is 0 Å². The summed E-state index contributed by atoms with van der Waals surface area (Å²) in [5.41, 5.74) is -2.03. The Morgan fingerprint density at radius 3 is 2.22 bits per heavy atom. The number of rotatable bonds is 6. The van der Waals surface area contributed by atoms with Crippen molar-refractivity contribution in [3.05, 3.63) is 54.1 Å². The van der Waals surface area contributed by atoms with Gasteiger partial charge in [-0.1, -0.05) is 42.5 Å². The minimum atomic E-state index is -1.85. The third-order valence-corrected chi connectivity index (χ3v) is 4.93. The minimum Gasteiger partial charge on any atom is -0.467 e. The molecule has 0 fully saturated rings. The van der Waals surface area contributed by atoms with E-state index in [0.29, 0.717) is 0 Å². The van der Waals surface area contributed by atoms with E-state index in [1.54, 1.807) is 46.8 Å². The van der Waals surface area contributed by atoms with E-state index in [1.165, 1.54) is 13.2 Å². The Labute approximate surface area is 188 Å². The van der Waals surface area contributed by atoms with Gasteiger partial charge < -0.3 is 25.2 Å². The Morgan fingerprint density at radius 2 is 1.72 bits per heavy atom. The maximum atomic E-state index is 13.0. The summed E-state index contributed by atoms with van der Waals surface area (Å²) >= 11 is 0. The van der Waals surface area contributed by atoms with Gasteiger partial charge in [0.2, 0.25) is 0 Å². The molecule has 0 heterocycles. The number of amides is 2. The molecule has 0 aromatic heterocycles. The molecule has 0 aliphatic heterocycles. The summed E-state index contributed by atoms with van der Waals surface area (Å²) in [6.07, 6.45) is 4.08. The quantitative estimate of drug-likeness (QED) is 0.582. The molecule has 8 heteroatoms. The van der Waals surface area contributed by atoms with Crippen molar-refractivity contribution >= 4 is 23.5 Å². The van der Waals surface area contributed by atoms with Crippen molar-refractivity contribution < 1.29 is 29.0 Å². The number of allylic oxidation sites excluding steroid dienone is 2. The average Bonchev–Trinajstić information content (AvgIpc) is 2.70. The molecule has 1 aromatic carbocycles. The Balaban J connectivity index is 2.16. The first-order valence-corrected chi connectivity index (χ1v) is 10.3. The standard InChI is InChI=1S/C24H32N2O6/c1-22(2,3)32-21(29)26-23(4,5)18(19(27)31-6)25-20(28)24(30)14-12-17(13-15-24)16-10-8-7-9-11-16/h7-14,18,30H,15H2,1-6H3,(H,25,28)(H,26,29). The van der Waals surface area contributed by atoms with Gasteiger partial charge in [-0.3, -0.25) is 4.79 Å². The second kappa shape index (κ2) is 9.56. The largest absolute Gasteiger partial charge is 0.467 e. The Kier molecular flexibility index (Phi) is 7.51. The van der Waals surface area contributed by atoms with Gasteiger partial charge in [0, 0.05) is 6.42 Å². The highest BCUT2D eigenvalue weighted by atomic mass is 16.6. The van der Waals surface area contributed by atoms with Crippen molar-refractivity contribution in [2.75, 3.05) is 7.11 Å². The third kappa shape index (κ3) is 6.43.